The summed E-state index contributed by atoms with van der Waals surface area (Å²) < 4.78 is 0. The summed E-state index contributed by atoms with van der Waals surface area (Å²) in [5, 5.41) is 10.2. The van der Waals surface area contributed by atoms with Crippen LogP contribution in [0.15, 0.2) is 72.8 Å². The lowest BCUT2D eigenvalue weighted by Crippen LogP contribution is -2.42. The number of hydrogen-bond acceptors (Lipinski definition) is 3. The molecule has 0 aromatic heterocycles. The van der Waals surface area contributed by atoms with Gasteiger partial charge in [-0.3, -0.25) is 9.59 Å². The number of primary amides is 1. The van der Waals surface area contributed by atoms with E-state index in [1.807, 2.05) is 30.3 Å². The minimum Gasteiger partial charge on any atom is -0.480 e. The molecule has 1 aliphatic heterocycles. The number of amides is 2. The molecular formula is C25H21ClN2O4. The summed E-state index contributed by atoms with van der Waals surface area (Å²) in [6.07, 6.45) is 0.777. The molecule has 2 atom stereocenters. The van der Waals surface area contributed by atoms with E-state index in [1.54, 1.807) is 36.4 Å². The van der Waals surface area contributed by atoms with Gasteiger partial charge in [-0.1, -0.05) is 66.2 Å². The Balaban J connectivity index is 1.77. The molecule has 1 fully saturated rings. The minimum atomic E-state index is -1.08. The fourth-order valence-corrected chi connectivity index (χ4v) is 4.55. The predicted molar refractivity (Wildman–Crippen MR) is 121 cm³/mol. The molecule has 6 nitrogen and oxygen atoms in total. The van der Waals surface area contributed by atoms with Gasteiger partial charge in [0.1, 0.15) is 6.04 Å². The summed E-state index contributed by atoms with van der Waals surface area (Å²) in [7, 11) is 0. The van der Waals surface area contributed by atoms with Crippen molar-refractivity contribution in [3.05, 3.63) is 94.5 Å². The van der Waals surface area contributed by atoms with Crippen molar-refractivity contribution in [2.24, 2.45) is 5.73 Å². The third-order valence-electron chi connectivity index (χ3n) is 5.79. The van der Waals surface area contributed by atoms with Crippen molar-refractivity contribution >= 4 is 29.4 Å². The molecule has 0 saturated carbocycles. The Morgan fingerprint density at radius 1 is 0.938 bits per heavy atom. The Morgan fingerprint density at radius 2 is 1.62 bits per heavy atom. The maximum Gasteiger partial charge on any atom is 0.326 e. The Hall–Kier alpha value is -3.64. The van der Waals surface area contributed by atoms with Crippen molar-refractivity contribution in [2.75, 3.05) is 0 Å². The van der Waals surface area contributed by atoms with Crippen LogP contribution in [-0.2, 0) is 4.79 Å². The van der Waals surface area contributed by atoms with Gasteiger partial charge in [0.2, 0.25) is 5.91 Å². The highest BCUT2D eigenvalue weighted by molar-refractivity contribution is 6.31. The van der Waals surface area contributed by atoms with Crippen LogP contribution in [0, 0.1) is 0 Å². The van der Waals surface area contributed by atoms with Crippen LogP contribution < -0.4 is 5.73 Å². The van der Waals surface area contributed by atoms with Crippen molar-refractivity contribution < 1.29 is 19.5 Å². The van der Waals surface area contributed by atoms with E-state index >= 15 is 0 Å². The van der Waals surface area contributed by atoms with Crippen LogP contribution in [0.2, 0.25) is 5.02 Å². The van der Waals surface area contributed by atoms with Crippen LogP contribution in [0.3, 0.4) is 0 Å². The van der Waals surface area contributed by atoms with Crippen molar-refractivity contribution in [2.45, 2.75) is 24.9 Å². The van der Waals surface area contributed by atoms with Gasteiger partial charge in [-0.05, 0) is 47.7 Å². The molecule has 0 radical (unpaired) electrons. The number of hydrogen-bond donors (Lipinski definition) is 2. The van der Waals surface area contributed by atoms with Crippen LogP contribution in [0.4, 0.5) is 0 Å². The number of halogens is 1. The molecule has 3 aromatic carbocycles. The molecule has 1 heterocycles. The molecule has 0 aliphatic carbocycles. The summed E-state index contributed by atoms with van der Waals surface area (Å²) in [6.45, 7) is 0. The Morgan fingerprint density at radius 3 is 2.28 bits per heavy atom. The van der Waals surface area contributed by atoms with E-state index in [4.69, 9.17) is 17.3 Å². The van der Waals surface area contributed by atoms with Gasteiger partial charge in [0.25, 0.3) is 5.91 Å². The van der Waals surface area contributed by atoms with Crippen molar-refractivity contribution in [1.29, 1.82) is 0 Å². The smallest absolute Gasteiger partial charge is 0.326 e. The number of carboxylic acid groups (broad SMARTS) is 1. The molecule has 1 saturated heterocycles. The Labute approximate surface area is 190 Å². The quantitative estimate of drug-likeness (QED) is 0.598. The van der Waals surface area contributed by atoms with Crippen LogP contribution in [0.25, 0.3) is 11.1 Å². The van der Waals surface area contributed by atoms with Gasteiger partial charge < -0.3 is 15.7 Å². The van der Waals surface area contributed by atoms with Gasteiger partial charge in [-0.2, -0.15) is 0 Å². The third kappa shape index (κ3) is 3.97. The highest BCUT2D eigenvalue weighted by Gasteiger charge is 2.42. The molecule has 1 aliphatic rings. The molecular weight excluding hydrogens is 428 g/mol. The number of aliphatic carboxylic acids is 1. The van der Waals surface area contributed by atoms with Crippen LogP contribution in [-0.4, -0.2) is 33.8 Å². The zero-order valence-corrected chi connectivity index (χ0v) is 17.8. The Bertz CT molecular complexity index is 1200. The number of benzene rings is 3. The molecule has 3 N–H and O–H groups in total. The summed E-state index contributed by atoms with van der Waals surface area (Å²) in [5.74, 6) is -2.23. The zero-order valence-electron chi connectivity index (χ0n) is 17.1. The lowest BCUT2D eigenvalue weighted by molar-refractivity contribution is -0.141. The van der Waals surface area contributed by atoms with E-state index in [-0.39, 0.29) is 11.1 Å². The maximum absolute atomic E-state index is 13.5. The van der Waals surface area contributed by atoms with Crippen molar-refractivity contribution in [1.82, 2.24) is 4.90 Å². The van der Waals surface area contributed by atoms with E-state index in [0.29, 0.717) is 29.0 Å². The molecule has 162 valence electrons. The summed E-state index contributed by atoms with van der Waals surface area (Å²) in [6, 6.07) is 19.6. The first-order valence-corrected chi connectivity index (χ1v) is 10.6. The zero-order chi connectivity index (χ0) is 22.8. The number of likely N-dealkylation sites (tertiary alicyclic amines) is 1. The van der Waals surface area contributed by atoms with Gasteiger partial charge >= 0.3 is 5.97 Å². The molecule has 4 rings (SSSR count). The second-order valence-corrected chi connectivity index (χ2v) is 8.08. The first-order chi connectivity index (χ1) is 15.4. The van der Waals surface area contributed by atoms with Crippen LogP contribution in [0.5, 0.6) is 0 Å². The van der Waals surface area contributed by atoms with Crippen LogP contribution >= 0.6 is 11.6 Å². The second-order valence-electron chi connectivity index (χ2n) is 7.67. The highest BCUT2D eigenvalue weighted by Crippen LogP contribution is 2.40. The number of rotatable bonds is 5. The standard InChI is InChI=1S/C25H21ClN2O4/c26-20-9-5-4-8-18(20)21-12-13-22(25(31)32)28(21)24(30)16-10-11-17(19(14-16)23(27)29)15-6-2-1-3-7-15/h1-11,14,21-22H,12-13H2,(H2,27,29)(H,31,32). The molecule has 7 heteroatoms. The first-order valence-electron chi connectivity index (χ1n) is 10.2. The monoisotopic (exact) mass is 448 g/mol. The summed E-state index contributed by atoms with van der Waals surface area (Å²) >= 11 is 6.36. The first kappa shape index (κ1) is 21.6. The van der Waals surface area contributed by atoms with Gasteiger partial charge in [0, 0.05) is 16.1 Å². The molecule has 0 bridgehead atoms. The normalized spacial score (nSPS) is 17.8. The third-order valence-corrected chi connectivity index (χ3v) is 6.13. The van der Waals surface area contributed by atoms with Crippen molar-refractivity contribution in [3.63, 3.8) is 0 Å². The number of nitrogens with zero attached hydrogens (tertiary/aromatic N) is 1. The van der Waals surface area contributed by atoms with Gasteiger partial charge in [-0.25, -0.2) is 4.79 Å². The molecule has 3 aromatic rings. The lowest BCUT2D eigenvalue weighted by atomic mass is 9.96. The van der Waals surface area contributed by atoms with Gasteiger partial charge in [0.05, 0.1) is 6.04 Å². The lowest BCUT2D eigenvalue weighted by Gasteiger charge is -2.29. The SMILES string of the molecule is NC(=O)c1cc(C(=O)N2C(C(=O)O)CCC2c2ccccc2Cl)ccc1-c1ccccc1. The highest BCUT2D eigenvalue weighted by atomic mass is 35.5. The molecule has 32 heavy (non-hydrogen) atoms. The molecule has 2 amide bonds. The second kappa shape index (κ2) is 8.85. The molecule has 0 spiro atoms. The summed E-state index contributed by atoms with van der Waals surface area (Å²) in [5.41, 5.74) is 8.10. The van der Waals surface area contributed by atoms with E-state index < -0.39 is 29.9 Å². The number of nitrogens with two attached hydrogens (primary N) is 1. The van der Waals surface area contributed by atoms with E-state index in [2.05, 4.69) is 0 Å². The van der Waals surface area contributed by atoms with E-state index in [9.17, 15) is 19.5 Å². The van der Waals surface area contributed by atoms with E-state index in [1.165, 1.54) is 11.0 Å². The largest absolute Gasteiger partial charge is 0.480 e. The van der Waals surface area contributed by atoms with Gasteiger partial charge in [-0.15, -0.1) is 0 Å². The Kier molecular flexibility index (Phi) is 5.97. The topological polar surface area (TPSA) is 101 Å². The number of carbonyl (C=O) groups excluding carboxylic acids is 2. The number of carboxylic acids is 1. The minimum absolute atomic E-state index is 0.197. The number of carbonyl (C=O) groups is 3. The van der Waals surface area contributed by atoms with Crippen molar-refractivity contribution in [3.8, 4) is 11.1 Å². The average Bonchev–Trinajstić information content (AvgIpc) is 3.24. The van der Waals surface area contributed by atoms with Crippen LogP contribution in [0.1, 0.15) is 45.2 Å². The fourth-order valence-electron chi connectivity index (χ4n) is 4.29. The fraction of sp³-hybridized carbons (Fsp3) is 0.160. The maximum atomic E-state index is 13.5. The summed E-state index contributed by atoms with van der Waals surface area (Å²) in [4.78, 5) is 39.0. The average molecular weight is 449 g/mol. The molecule has 2 unspecified atom stereocenters. The van der Waals surface area contributed by atoms with Gasteiger partial charge in [0.15, 0.2) is 0 Å². The predicted octanol–water partition coefficient (Wildman–Crippen LogP) is 4.54. The van der Waals surface area contributed by atoms with E-state index in [0.717, 1.165) is 5.56 Å².